The third kappa shape index (κ3) is 4.36. The number of ether oxygens (including phenoxy) is 2. The SMILES string of the molecule is CC1(C)C(Oc2ccc(F)cc2)C1C(=O)OCc1[nH]ccc1Cc1ccc(Cl)cc1. The van der Waals surface area contributed by atoms with E-state index in [9.17, 15) is 9.18 Å². The summed E-state index contributed by atoms with van der Waals surface area (Å²) in [6.45, 7) is 4.10. The van der Waals surface area contributed by atoms with Crippen molar-refractivity contribution >= 4 is 17.6 Å². The molecule has 0 bridgehead atoms. The summed E-state index contributed by atoms with van der Waals surface area (Å²) < 4.78 is 24.6. The summed E-state index contributed by atoms with van der Waals surface area (Å²) in [6, 6.07) is 15.5. The van der Waals surface area contributed by atoms with Crippen molar-refractivity contribution in [2.75, 3.05) is 0 Å². The third-order valence-corrected chi connectivity index (χ3v) is 5.91. The van der Waals surface area contributed by atoms with Crippen molar-refractivity contribution in [2.45, 2.75) is 33.0 Å². The second-order valence-corrected chi connectivity index (χ2v) is 8.62. The highest BCUT2D eigenvalue weighted by Gasteiger charge is 2.65. The zero-order valence-electron chi connectivity index (χ0n) is 16.8. The van der Waals surface area contributed by atoms with Crippen LogP contribution in [0.3, 0.4) is 0 Å². The number of hydrogen-bond donors (Lipinski definition) is 1. The first-order valence-electron chi connectivity index (χ1n) is 9.83. The number of esters is 1. The molecule has 1 heterocycles. The Kier molecular flexibility index (Phi) is 5.56. The summed E-state index contributed by atoms with van der Waals surface area (Å²) in [5.41, 5.74) is 2.72. The van der Waals surface area contributed by atoms with Crippen molar-refractivity contribution in [3.63, 3.8) is 0 Å². The van der Waals surface area contributed by atoms with Crippen LogP contribution in [0, 0.1) is 17.2 Å². The number of aromatic amines is 1. The highest BCUT2D eigenvalue weighted by atomic mass is 35.5. The van der Waals surface area contributed by atoms with Crippen LogP contribution in [0.5, 0.6) is 5.75 Å². The summed E-state index contributed by atoms with van der Waals surface area (Å²) >= 11 is 5.95. The van der Waals surface area contributed by atoms with Gasteiger partial charge in [0.15, 0.2) is 0 Å². The van der Waals surface area contributed by atoms with Gasteiger partial charge in [0.2, 0.25) is 0 Å². The molecule has 0 saturated heterocycles. The summed E-state index contributed by atoms with van der Waals surface area (Å²) in [4.78, 5) is 15.8. The van der Waals surface area contributed by atoms with E-state index in [4.69, 9.17) is 21.1 Å². The van der Waals surface area contributed by atoms with Crippen LogP contribution in [-0.4, -0.2) is 17.1 Å². The number of carbonyl (C=O) groups is 1. The predicted molar refractivity (Wildman–Crippen MR) is 113 cm³/mol. The number of halogens is 2. The second kappa shape index (κ2) is 8.15. The largest absolute Gasteiger partial charge is 0.489 e. The molecule has 1 N–H and O–H groups in total. The minimum atomic E-state index is -0.364. The Morgan fingerprint density at radius 1 is 1.10 bits per heavy atom. The molecule has 1 aliphatic carbocycles. The topological polar surface area (TPSA) is 51.3 Å². The first-order chi connectivity index (χ1) is 14.3. The predicted octanol–water partition coefficient (Wildman–Crippen LogP) is 5.54. The monoisotopic (exact) mass is 427 g/mol. The molecule has 4 nitrogen and oxygen atoms in total. The van der Waals surface area contributed by atoms with Crippen LogP contribution in [0.1, 0.15) is 30.7 Å². The van der Waals surface area contributed by atoms with Gasteiger partial charge in [-0.15, -0.1) is 0 Å². The van der Waals surface area contributed by atoms with E-state index in [0.717, 1.165) is 23.2 Å². The fourth-order valence-corrected chi connectivity index (χ4v) is 3.82. The minimum absolute atomic E-state index is 0.171. The first-order valence-corrected chi connectivity index (χ1v) is 10.2. The molecule has 2 atom stereocenters. The van der Waals surface area contributed by atoms with Gasteiger partial charge in [-0.25, -0.2) is 4.39 Å². The Labute approximate surface area is 180 Å². The molecule has 30 heavy (non-hydrogen) atoms. The van der Waals surface area contributed by atoms with Gasteiger partial charge in [0.05, 0.1) is 5.69 Å². The van der Waals surface area contributed by atoms with E-state index in [0.29, 0.717) is 10.8 Å². The van der Waals surface area contributed by atoms with Crippen molar-refractivity contribution in [3.05, 3.63) is 88.5 Å². The lowest BCUT2D eigenvalue weighted by atomic mass is 10.1. The average Bonchev–Trinajstić information content (AvgIpc) is 3.03. The molecule has 1 fully saturated rings. The maximum atomic E-state index is 13.1. The van der Waals surface area contributed by atoms with Crippen LogP contribution in [0.4, 0.5) is 4.39 Å². The summed E-state index contributed by atoms with van der Waals surface area (Å²) in [5.74, 6) is -0.440. The van der Waals surface area contributed by atoms with Gasteiger partial charge in [0.1, 0.15) is 30.2 Å². The van der Waals surface area contributed by atoms with Crippen LogP contribution in [0.25, 0.3) is 0 Å². The molecule has 3 aromatic rings. The molecule has 0 radical (unpaired) electrons. The van der Waals surface area contributed by atoms with Gasteiger partial charge in [-0.2, -0.15) is 0 Å². The zero-order valence-corrected chi connectivity index (χ0v) is 17.6. The molecule has 1 saturated carbocycles. The fraction of sp³-hybridized carbons (Fsp3) is 0.292. The van der Waals surface area contributed by atoms with Crippen LogP contribution < -0.4 is 4.74 Å². The Hall–Kier alpha value is -2.79. The van der Waals surface area contributed by atoms with Gasteiger partial charge in [-0.05, 0) is 60.0 Å². The molecule has 0 spiro atoms. The van der Waals surface area contributed by atoms with E-state index in [2.05, 4.69) is 4.98 Å². The normalized spacial score (nSPS) is 19.3. The van der Waals surface area contributed by atoms with Crippen LogP contribution in [-0.2, 0) is 22.6 Å². The third-order valence-electron chi connectivity index (χ3n) is 5.66. The van der Waals surface area contributed by atoms with Crippen molar-refractivity contribution in [2.24, 2.45) is 11.3 Å². The lowest BCUT2D eigenvalue weighted by molar-refractivity contribution is -0.148. The van der Waals surface area contributed by atoms with E-state index in [1.807, 2.05) is 50.4 Å². The fourth-order valence-electron chi connectivity index (χ4n) is 3.69. The second-order valence-electron chi connectivity index (χ2n) is 8.18. The lowest BCUT2D eigenvalue weighted by Gasteiger charge is -2.08. The van der Waals surface area contributed by atoms with Crippen LogP contribution in [0.2, 0.25) is 5.02 Å². The highest BCUT2D eigenvalue weighted by molar-refractivity contribution is 6.30. The number of H-pyrrole nitrogens is 1. The molecular formula is C24H23ClFNO3. The van der Waals surface area contributed by atoms with E-state index in [-0.39, 0.29) is 35.8 Å². The standard InChI is InChI=1S/C24H23ClFNO3/c1-24(2)21(22(24)30-19-9-7-18(26)8-10-19)23(28)29-14-20-16(11-12-27-20)13-15-3-5-17(25)6-4-15/h3-12,21-22,27H,13-14H2,1-2H3. The van der Waals surface area contributed by atoms with Gasteiger partial charge in [-0.1, -0.05) is 37.6 Å². The van der Waals surface area contributed by atoms with Crippen LogP contribution in [0.15, 0.2) is 60.8 Å². The molecule has 1 aromatic heterocycles. The summed E-state index contributed by atoms with van der Waals surface area (Å²) in [6.07, 6.45) is 2.27. The first kappa shape index (κ1) is 20.5. The van der Waals surface area contributed by atoms with Gasteiger partial charge in [0, 0.05) is 16.6 Å². The minimum Gasteiger partial charge on any atom is -0.489 e. The number of carbonyl (C=O) groups excluding carboxylic acids is 1. The van der Waals surface area contributed by atoms with Crippen molar-refractivity contribution in [1.29, 1.82) is 0 Å². The molecule has 2 unspecified atom stereocenters. The molecule has 6 heteroatoms. The Morgan fingerprint density at radius 2 is 1.80 bits per heavy atom. The van der Waals surface area contributed by atoms with E-state index in [1.165, 1.54) is 12.1 Å². The van der Waals surface area contributed by atoms with Crippen molar-refractivity contribution < 1.29 is 18.7 Å². The molecule has 1 aliphatic rings. The average molecular weight is 428 g/mol. The maximum absolute atomic E-state index is 13.1. The molecular weight excluding hydrogens is 405 g/mol. The quantitative estimate of drug-likeness (QED) is 0.503. The molecule has 156 valence electrons. The van der Waals surface area contributed by atoms with Crippen molar-refractivity contribution in [1.82, 2.24) is 4.98 Å². The zero-order chi connectivity index (χ0) is 21.3. The Morgan fingerprint density at radius 3 is 2.50 bits per heavy atom. The molecule has 0 amide bonds. The number of rotatable bonds is 7. The molecule has 4 rings (SSSR count). The van der Waals surface area contributed by atoms with Gasteiger partial charge in [-0.3, -0.25) is 4.79 Å². The highest BCUT2D eigenvalue weighted by Crippen LogP contribution is 2.54. The Bertz CT molecular complexity index is 1030. The lowest BCUT2D eigenvalue weighted by Crippen LogP contribution is -2.13. The van der Waals surface area contributed by atoms with Crippen LogP contribution >= 0.6 is 11.6 Å². The molecule has 2 aromatic carbocycles. The number of hydrogen-bond acceptors (Lipinski definition) is 3. The number of nitrogens with one attached hydrogen (secondary N) is 1. The van der Waals surface area contributed by atoms with Crippen molar-refractivity contribution in [3.8, 4) is 5.75 Å². The van der Waals surface area contributed by atoms with E-state index < -0.39 is 0 Å². The summed E-state index contributed by atoms with van der Waals surface area (Å²) in [7, 11) is 0. The maximum Gasteiger partial charge on any atom is 0.313 e. The van der Waals surface area contributed by atoms with Gasteiger partial charge in [0.25, 0.3) is 0 Å². The molecule has 0 aliphatic heterocycles. The summed E-state index contributed by atoms with van der Waals surface area (Å²) in [5, 5.41) is 0.700. The smallest absolute Gasteiger partial charge is 0.313 e. The van der Waals surface area contributed by atoms with Gasteiger partial charge >= 0.3 is 5.97 Å². The number of aromatic nitrogens is 1. The van der Waals surface area contributed by atoms with E-state index in [1.54, 1.807) is 12.1 Å². The number of benzene rings is 2. The van der Waals surface area contributed by atoms with Gasteiger partial charge < -0.3 is 14.5 Å². The van der Waals surface area contributed by atoms with E-state index >= 15 is 0 Å². The Balaban J connectivity index is 1.35.